The normalized spacial score (nSPS) is 11.4. The second-order valence-corrected chi connectivity index (χ2v) is 9.56. The first-order valence-corrected chi connectivity index (χ1v) is 12.8. The fraction of sp³-hybridized carbons (Fsp3) is 0.0303. The van der Waals surface area contributed by atoms with E-state index in [1.807, 2.05) is 49.4 Å². The fourth-order valence-corrected chi connectivity index (χ4v) is 5.10. The molecule has 0 N–H and O–H groups in total. The molecule has 0 aliphatic rings. The van der Waals surface area contributed by atoms with Crippen molar-refractivity contribution in [1.29, 1.82) is 0 Å². The van der Waals surface area contributed by atoms with Crippen molar-refractivity contribution >= 4 is 21.8 Å². The molecule has 194 valence electrons. The maximum absolute atomic E-state index is 15.3. The lowest BCUT2D eigenvalue weighted by atomic mass is 10.1. The predicted octanol–water partition coefficient (Wildman–Crippen LogP) is 8.41. The van der Waals surface area contributed by atoms with Gasteiger partial charge < -0.3 is 4.74 Å². The average Bonchev–Trinajstić information content (AvgIpc) is 3.46. The van der Waals surface area contributed by atoms with Crippen LogP contribution in [0.2, 0.25) is 0 Å². The highest BCUT2D eigenvalue weighted by Gasteiger charge is 2.21. The van der Waals surface area contributed by atoms with Crippen LogP contribution in [0.3, 0.4) is 0 Å². The van der Waals surface area contributed by atoms with Crippen LogP contribution in [-0.4, -0.2) is 19.3 Å². The van der Waals surface area contributed by atoms with Gasteiger partial charge in [0.1, 0.15) is 17.3 Å². The Morgan fingerprint density at radius 2 is 1.48 bits per heavy atom. The molecule has 7 heteroatoms. The van der Waals surface area contributed by atoms with Crippen LogP contribution in [0, 0.1) is 18.8 Å². The molecular formula is C33H22F2N4O. The summed E-state index contributed by atoms with van der Waals surface area (Å²) in [7, 11) is 0. The van der Waals surface area contributed by atoms with E-state index in [1.54, 1.807) is 60.8 Å². The van der Waals surface area contributed by atoms with E-state index in [9.17, 15) is 4.39 Å². The smallest absolute Gasteiger partial charge is 0.244 e. The van der Waals surface area contributed by atoms with Crippen molar-refractivity contribution in [3.8, 4) is 34.1 Å². The third-order valence-electron chi connectivity index (χ3n) is 6.92. The lowest BCUT2D eigenvalue weighted by molar-refractivity contribution is 0.481. The Morgan fingerprint density at radius 1 is 0.700 bits per heavy atom. The lowest BCUT2D eigenvalue weighted by Gasteiger charge is -2.10. The van der Waals surface area contributed by atoms with Crippen molar-refractivity contribution < 1.29 is 13.5 Å². The summed E-state index contributed by atoms with van der Waals surface area (Å²) < 4.78 is 39.4. The molecule has 3 heterocycles. The summed E-state index contributed by atoms with van der Waals surface area (Å²) >= 11 is 0. The Kier molecular flexibility index (Phi) is 5.63. The zero-order valence-corrected chi connectivity index (χ0v) is 21.4. The SMILES string of the molecule is Cc1ccnc(-n2c3ccccc3c3ccc(Oc4cccc(-n5nc(F)c(-c6ccccc6)c5F)c4)cc32)c1. The van der Waals surface area contributed by atoms with Gasteiger partial charge in [0.15, 0.2) is 0 Å². The van der Waals surface area contributed by atoms with Crippen LogP contribution in [0.15, 0.2) is 115 Å². The molecule has 5 nitrogen and oxygen atoms in total. The van der Waals surface area contributed by atoms with E-state index in [2.05, 4.69) is 26.8 Å². The lowest BCUT2D eigenvalue weighted by Crippen LogP contribution is -2.00. The summed E-state index contributed by atoms with van der Waals surface area (Å²) in [5.74, 6) is 0.217. The van der Waals surface area contributed by atoms with Crippen molar-refractivity contribution in [2.45, 2.75) is 6.92 Å². The molecule has 0 amide bonds. The molecule has 0 radical (unpaired) electrons. The van der Waals surface area contributed by atoms with Crippen molar-refractivity contribution in [3.05, 3.63) is 133 Å². The van der Waals surface area contributed by atoms with Crippen LogP contribution in [0.5, 0.6) is 11.5 Å². The number of ether oxygens (including phenoxy) is 1. The minimum absolute atomic E-state index is 0.171. The highest BCUT2D eigenvalue weighted by molar-refractivity contribution is 6.09. The molecule has 40 heavy (non-hydrogen) atoms. The monoisotopic (exact) mass is 528 g/mol. The molecule has 0 unspecified atom stereocenters. The molecule has 0 bridgehead atoms. The van der Waals surface area contributed by atoms with Gasteiger partial charge >= 0.3 is 0 Å². The Labute approximate surface area is 228 Å². The largest absolute Gasteiger partial charge is 0.457 e. The first-order valence-electron chi connectivity index (χ1n) is 12.8. The molecule has 0 spiro atoms. The summed E-state index contributed by atoms with van der Waals surface area (Å²) in [6.07, 6.45) is 1.80. The highest BCUT2D eigenvalue weighted by Crippen LogP contribution is 2.35. The number of para-hydroxylation sites is 1. The number of rotatable bonds is 5. The van der Waals surface area contributed by atoms with Gasteiger partial charge in [-0.15, -0.1) is 5.10 Å². The Morgan fingerprint density at radius 3 is 2.33 bits per heavy atom. The fourth-order valence-electron chi connectivity index (χ4n) is 5.10. The van der Waals surface area contributed by atoms with Gasteiger partial charge in [-0.25, -0.2) is 9.67 Å². The standard InChI is InChI=1S/C33H22F2N4O/c1-21-16-17-36-30(18-21)38-28-13-6-5-12-26(28)27-15-14-25(20-29(27)38)40-24-11-7-10-23(19-24)39-33(35)31(32(34)37-39)22-8-3-2-4-9-22/h2-20H,1H3. The van der Waals surface area contributed by atoms with E-state index in [-0.39, 0.29) is 5.56 Å². The number of nitrogens with zero attached hydrogens (tertiary/aromatic N) is 4. The van der Waals surface area contributed by atoms with Crippen LogP contribution >= 0.6 is 0 Å². The second kappa shape index (κ2) is 9.47. The van der Waals surface area contributed by atoms with Gasteiger partial charge in [0.25, 0.3) is 0 Å². The molecule has 3 aromatic heterocycles. The summed E-state index contributed by atoms with van der Waals surface area (Å²) in [4.78, 5) is 4.63. The zero-order chi connectivity index (χ0) is 27.2. The van der Waals surface area contributed by atoms with E-state index < -0.39 is 11.9 Å². The number of aromatic nitrogens is 4. The van der Waals surface area contributed by atoms with Gasteiger partial charge in [-0.2, -0.15) is 8.78 Å². The van der Waals surface area contributed by atoms with Crippen molar-refractivity contribution in [2.24, 2.45) is 0 Å². The Balaban J connectivity index is 1.29. The quantitative estimate of drug-likeness (QED) is 0.225. The predicted molar refractivity (Wildman–Crippen MR) is 152 cm³/mol. The molecule has 0 fully saturated rings. The van der Waals surface area contributed by atoms with Gasteiger partial charge in [-0.05, 0) is 60.5 Å². The van der Waals surface area contributed by atoms with Gasteiger partial charge in [0.05, 0.1) is 22.3 Å². The number of pyridine rings is 1. The maximum atomic E-state index is 15.3. The average molecular weight is 529 g/mol. The summed E-state index contributed by atoms with van der Waals surface area (Å²) in [6, 6.07) is 33.4. The minimum Gasteiger partial charge on any atom is -0.457 e. The van der Waals surface area contributed by atoms with Crippen molar-refractivity contribution in [2.75, 3.05) is 0 Å². The third-order valence-corrected chi connectivity index (χ3v) is 6.92. The minimum atomic E-state index is -0.877. The van der Waals surface area contributed by atoms with Crippen LogP contribution in [0.1, 0.15) is 5.56 Å². The van der Waals surface area contributed by atoms with Crippen molar-refractivity contribution in [1.82, 2.24) is 19.3 Å². The molecule has 4 aromatic carbocycles. The number of fused-ring (bicyclic) bond motifs is 3. The van der Waals surface area contributed by atoms with E-state index in [4.69, 9.17) is 4.74 Å². The van der Waals surface area contributed by atoms with E-state index in [0.717, 1.165) is 37.9 Å². The molecule has 0 atom stereocenters. The van der Waals surface area contributed by atoms with Crippen LogP contribution in [0.25, 0.3) is 44.4 Å². The summed E-state index contributed by atoms with van der Waals surface area (Å²) in [5, 5.41) is 6.01. The van der Waals surface area contributed by atoms with E-state index >= 15 is 4.39 Å². The third kappa shape index (κ3) is 3.99. The molecule has 7 aromatic rings. The molecule has 0 saturated carbocycles. The first kappa shape index (κ1) is 23.8. The Hall–Kier alpha value is -5.30. The summed E-state index contributed by atoms with van der Waals surface area (Å²) in [6.45, 7) is 2.04. The number of hydrogen-bond donors (Lipinski definition) is 0. The number of hydrogen-bond acceptors (Lipinski definition) is 3. The molecule has 0 aliphatic heterocycles. The van der Waals surface area contributed by atoms with Gasteiger partial charge in [-0.1, -0.05) is 54.6 Å². The molecule has 0 saturated heterocycles. The molecular weight excluding hydrogens is 506 g/mol. The summed E-state index contributed by atoms with van der Waals surface area (Å²) in [5.41, 5.74) is 3.69. The number of aryl methyl sites for hydroxylation is 1. The van der Waals surface area contributed by atoms with Gasteiger partial charge in [0, 0.05) is 29.1 Å². The van der Waals surface area contributed by atoms with Crippen molar-refractivity contribution in [3.63, 3.8) is 0 Å². The van der Waals surface area contributed by atoms with Crippen LogP contribution in [0.4, 0.5) is 8.78 Å². The number of benzene rings is 4. The maximum Gasteiger partial charge on any atom is 0.244 e. The zero-order valence-electron chi connectivity index (χ0n) is 21.4. The molecule has 0 aliphatic carbocycles. The molecule has 7 rings (SSSR count). The topological polar surface area (TPSA) is 44.9 Å². The first-order chi connectivity index (χ1) is 19.6. The number of halogens is 2. The van der Waals surface area contributed by atoms with Gasteiger partial charge in [0.2, 0.25) is 11.9 Å². The Bertz CT molecular complexity index is 2030. The van der Waals surface area contributed by atoms with E-state index in [1.165, 1.54) is 0 Å². The van der Waals surface area contributed by atoms with Gasteiger partial charge in [-0.3, -0.25) is 4.57 Å². The van der Waals surface area contributed by atoms with Crippen LogP contribution < -0.4 is 4.74 Å². The highest BCUT2D eigenvalue weighted by atomic mass is 19.1. The second-order valence-electron chi connectivity index (χ2n) is 9.56. The van der Waals surface area contributed by atoms with Crippen LogP contribution in [-0.2, 0) is 0 Å². The van der Waals surface area contributed by atoms with E-state index in [0.29, 0.717) is 22.7 Å².